The van der Waals surface area contributed by atoms with E-state index in [4.69, 9.17) is 5.73 Å². The molecule has 17 heavy (non-hydrogen) atoms. The van der Waals surface area contributed by atoms with Gasteiger partial charge in [-0.2, -0.15) is 11.8 Å². The minimum absolute atomic E-state index is 0.635. The van der Waals surface area contributed by atoms with Crippen molar-refractivity contribution >= 4 is 29.2 Å². The lowest BCUT2D eigenvalue weighted by molar-refractivity contribution is 0.804. The lowest BCUT2D eigenvalue weighted by Crippen LogP contribution is -2.27. The van der Waals surface area contributed by atoms with E-state index in [2.05, 4.69) is 41.1 Å². The molecule has 4 heteroatoms. The highest BCUT2D eigenvalue weighted by Crippen LogP contribution is 2.30. The van der Waals surface area contributed by atoms with Crippen LogP contribution in [-0.2, 0) is 6.54 Å². The summed E-state index contributed by atoms with van der Waals surface area (Å²) in [4.78, 5) is 3.82. The van der Waals surface area contributed by atoms with E-state index in [0.29, 0.717) is 6.54 Å². The van der Waals surface area contributed by atoms with Gasteiger partial charge in [-0.15, -0.1) is 11.8 Å². The van der Waals surface area contributed by atoms with Gasteiger partial charge in [0.2, 0.25) is 0 Å². The van der Waals surface area contributed by atoms with E-state index in [-0.39, 0.29) is 0 Å². The maximum absolute atomic E-state index is 5.93. The number of anilines is 1. The van der Waals surface area contributed by atoms with Crippen molar-refractivity contribution in [1.29, 1.82) is 0 Å². The molecule has 2 rings (SSSR count). The molecular weight excluding hydrogens is 248 g/mol. The average molecular weight is 268 g/mol. The molecule has 0 bridgehead atoms. The molecule has 0 radical (unpaired) electrons. The number of thioether (sulfide) groups is 2. The molecule has 1 aromatic rings. The number of benzene rings is 1. The summed E-state index contributed by atoms with van der Waals surface area (Å²) < 4.78 is 0. The zero-order valence-corrected chi connectivity index (χ0v) is 11.9. The summed E-state index contributed by atoms with van der Waals surface area (Å²) in [5.74, 6) is 2.52. The Bertz CT molecular complexity index is 360. The Hall–Kier alpha value is -0.320. The molecule has 2 N–H and O–H groups in total. The van der Waals surface area contributed by atoms with E-state index in [1.165, 1.54) is 34.1 Å². The van der Waals surface area contributed by atoms with Crippen LogP contribution in [0.5, 0.6) is 0 Å². The van der Waals surface area contributed by atoms with E-state index in [1.807, 2.05) is 0 Å². The van der Waals surface area contributed by atoms with Crippen LogP contribution in [0.15, 0.2) is 23.1 Å². The molecule has 0 amide bonds. The van der Waals surface area contributed by atoms with E-state index < -0.39 is 0 Å². The van der Waals surface area contributed by atoms with Crippen LogP contribution < -0.4 is 10.6 Å². The Morgan fingerprint density at radius 3 is 3.00 bits per heavy atom. The molecule has 1 saturated heterocycles. The van der Waals surface area contributed by atoms with Crippen molar-refractivity contribution in [2.45, 2.75) is 17.9 Å². The van der Waals surface area contributed by atoms with Crippen LogP contribution >= 0.6 is 23.5 Å². The third-order valence-electron chi connectivity index (χ3n) is 3.10. The standard InChI is InChI=1S/C13H20N2S2/c1-16-13-5-2-4-12(11(13)10-14)15-6-3-8-17-9-7-15/h2,4-5H,3,6-10,14H2,1H3. The quantitative estimate of drug-likeness (QED) is 0.854. The van der Waals surface area contributed by atoms with Crippen molar-refractivity contribution in [1.82, 2.24) is 0 Å². The van der Waals surface area contributed by atoms with Crippen LogP contribution in [0.3, 0.4) is 0 Å². The summed E-state index contributed by atoms with van der Waals surface area (Å²) in [5.41, 5.74) is 8.59. The second-order valence-electron chi connectivity index (χ2n) is 4.12. The second kappa shape index (κ2) is 6.57. The third-order valence-corrected chi connectivity index (χ3v) is 4.97. The summed E-state index contributed by atoms with van der Waals surface area (Å²) in [6, 6.07) is 6.54. The van der Waals surface area contributed by atoms with Crippen LogP contribution in [0.25, 0.3) is 0 Å². The van der Waals surface area contributed by atoms with Crippen molar-refractivity contribution < 1.29 is 0 Å². The zero-order chi connectivity index (χ0) is 12.1. The first-order valence-corrected chi connectivity index (χ1v) is 8.43. The van der Waals surface area contributed by atoms with Crippen LogP contribution in [0, 0.1) is 0 Å². The van der Waals surface area contributed by atoms with Crippen molar-refractivity contribution in [3.05, 3.63) is 23.8 Å². The van der Waals surface area contributed by atoms with E-state index in [0.717, 1.165) is 13.1 Å². The SMILES string of the molecule is CSc1cccc(N2CCCSCC2)c1CN. The maximum Gasteiger partial charge on any atom is 0.0423 e. The largest absolute Gasteiger partial charge is 0.370 e. The molecule has 0 saturated carbocycles. The fraction of sp³-hybridized carbons (Fsp3) is 0.538. The van der Waals surface area contributed by atoms with E-state index in [9.17, 15) is 0 Å². The Balaban J connectivity index is 2.29. The van der Waals surface area contributed by atoms with Gasteiger partial charge in [-0.25, -0.2) is 0 Å². The zero-order valence-electron chi connectivity index (χ0n) is 10.3. The molecular formula is C13H20N2S2. The van der Waals surface area contributed by atoms with Crippen LogP contribution in [0.4, 0.5) is 5.69 Å². The molecule has 94 valence electrons. The lowest BCUT2D eigenvalue weighted by Gasteiger charge is -2.26. The van der Waals surface area contributed by atoms with Gasteiger partial charge in [-0.3, -0.25) is 0 Å². The van der Waals surface area contributed by atoms with Gasteiger partial charge in [0.05, 0.1) is 0 Å². The topological polar surface area (TPSA) is 29.3 Å². The highest BCUT2D eigenvalue weighted by Gasteiger charge is 2.14. The summed E-state index contributed by atoms with van der Waals surface area (Å²) in [7, 11) is 0. The van der Waals surface area contributed by atoms with Crippen molar-refractivity contribution in [2.75, 3.05) is 35.8 Å². The normalized spacial score (nSPS) is 16.9. The van der Waals surface area contributed by atoms with Crippen molar-refractivity contribution in [2.24, 2.45) is 5.73 Å². The van der Waals surface area contributed by atoms with Gasteiger partial charge in [0.15, 0.2) is 0 Å². The first-order valence-electron chi connectivity index (χ1n) is 6.05. The summed E-state index contributed by atoms with van der Waals surface area (Å²) in [6.07, 6.45) is 3.40. The first kappa shape index (κ1) is 13.1. The average Bonchev–Trinajstić information content (AvgIpc) is 2.66. The summed E-state index contributed by atoms with van der Waals surface area (Å²) in [5, 5.41) is 0. The van der Waals surface area contributed by atoms with Crippen LogP contribution in [0.2, 0.25) is 0 Å². The van der Waals surface area contributed by atoms with Gasteiger partial charge in [-0.05, 0) is 30.6 Å². The first-order chi connectivity index (χ1) is 8.36. The Kier molecular flexibility index (Phi) is 5.07. The Labute approximate surface area is 112 Å². The van der Waals surface area contributed by atoms with Gasteiger partial charge >= 0.3 is 0 Å². The summed E-state index contributed by atoms with van der Waals surface area (Å²) in [6.45, 7) is 2.95. The highest BCUT2D eigenvalue weighted by atomic mass is 32.2. The molecule has 1 fully saturated rings. The number of hydrogen-bond donors (Lipinski definition) is 1. The predicted molar refractivity (Wildman–Crippen MR) is 80.3 cm³/mol. The van der Waals surface area contributed by atoms with Gasteiger partial charge in [0, 0.05) is 41.5 Å². The van der Waals surface area contributed by atoms with Gasteiger partial charge < -0.3 is 10.6 Å². The fourth-order valence-electron chi connectivity index (χ4n) is 2.23. The third kappa shape index (κ3) is 3.12. The molecule has 0 aromatic heterocycles. The second-order valence-corrected chi connectivity index (χ2v) is 6.19. The predicted octanol–water partition coefficient (Wildman–Crippen LogP) is 2.81. The van der Waals surface area contributed by atoms with Gasteiger partial charge in [-0.1, -0.05) is 6.07 Å². The fourth-order valence-corrected chi connectivity index (χ4v) is 3.77. The summed E-state index contributed by atoms with van der Waals surface area (Å²) >= 11 is 3.85. The van der Waals surface area contributed by atoms with Gasteiger partial charge in [0.1, 0.15) is 0 Å². The van der Waals surface area contributed by atoms with Crippen molar-refractivity contribution in [3.63, 3.8) is 0 Å². The van der Waals surface area contributed by atoms with Gasteiger partial charge in [0.25, 0.3) is 0 Å². The number of nitrogens with two attached hydrogens (primary N) is 1. The maximum atomic E-state index is 5.93. The minimum Gasteiger partial charge on any atom is -0.370 e. The van der Waals surface area contributed by atoms with Crippen LogP contribution in [-0.4, -0.2) is 30.9 Å². The highest BCUT2D eigenvalue weighted by molar-refractivity contribution is 7.99. The lowest BCUT2D eigenvalue weighted by atomic mass is 10.1. The number of nitrogens with zero attached hydrogens (tertiary/aromatic N) is 1. The molecule has 0 atom stereocenters. The molecule has 1 heterocycles. The Morgan fingerprint density at radius 1 is 1.35 bits per heavy atom. The molecule has 0 unspecified atom stereocenters. The number of hydrogen-bond acceptors (Lipinski definition) is 4. The molecule has 2 nitrogen and oxygen atoms in total. The van der Waals surface area contributed by atoms with Crippen molar-refractivity contribution in [3.8, 4) is 0 Å². The van der Waals surface area contributed by atoms with E-state index >= 15 is 0 Å². The smallest absolute Gasteiger partial charge is 0.0423 e. The molecule has 1 aliphatic heterocycles. The molecule has 1 aliphatic rings. The molecule has 0 spiro atoms. The Morgan fingerprint density at radius 2 is 2.24 bits per heavy atom. The van der Waals surface area contributed by atoms with E-state index in [1.54, 1.807) is 11.8 Å². The number of rotatable bonds is 3. The van der Waals surface area contributed by atoms with Crippen LogP contribution in [0.1, 0.15) is 12.0 Å². The minimum atomic E-state index is 0.635. The monoisotopic (exact) mass is 268 g/mol. The molecule has 0 aliphatic carbocycles. The molecule has 1 aromatic carbocycles.